The lowest BCUT2D eigenvalue weighted by atomic mass is 10.0. The summed E-state index contributed by atoms with van der Waals surface area (Å²) >= 11 is 2.30. The minimum absolute atomic E-state index is 0. The van der Waals surface area contributed by atoms with Gasteiger partial charge >= 0.3 is 11.9 Å². The molecule has 0 aliphatic carbocycles. The Labute approximate surface area is 184 Å². The topological polar surface area (TPSA) is 185 Å². The minimum atomic E-state index is -1.30. The van der Waals surface area contributed by atoms with Crippen molar-refractivity contribution in [2.75, 3.05) is 18.1 Å². The first-order chi connectivity index (χ1) is 14.2. The quantitative estimate of drug-likeness (QED) is 0.231. The molecule has 1 saturated heterocycles. The van der Waals surface area contributed by atoms with Crippen LogP contribution in [0.2, 0.25) is 0 Å². The van der Waals surface area contributed by atoms with E-state index in [2.05, 4.69) is 26.9 Å². The Morgan fingerprint density at radius 2 is 2.16 bits per heavy atom. The Balaban J connectivity index is 0.00000341. The molecule has 2 aliphatic rings. The van der Waals surface area contributed by atoms with Crippen molar-refractivity contribution in [1.82, 2.24) is 15.2 Å². The van der Waals surface area contributed by atoms with Crippen LogP contribution in [-0.2, 0) is 24.0 Å². The number of anilines is 1. The largest absolute Gasteiger partial charge is 0.479 e. The lowest BCUT2D eigenvalue weighted by Crippen LogP contribution is -2.71. The summed E-state index contributed by atoms with van der Waals surface area (Å²) in [6.07, 6.45) is 1.38. The number of aliphatic carboxylic acids is 2. The van der Waals surface area contributed by atoms with Gasteiger partial charge < -0.3 is 26.1 Å². The average molecular weight is 470 g/mol. The Bertz CT molecular complexity index is 1000. The predicted molar refractivity (Wildman–Crippen MR) is 113 cm³/mol. The van der Waals surface area contributed by atoms with Crippen LogP contribution in [0.5, 0.6) is 0 Å². The summed E-state index contributed by atoms with van der Waals surface area (Å²) in [6, 6.07) is -1.01. The number of aromatic nitrogens is 1. The molecule has 2 atom stereocenters. The molecule has 5 N–H and O–H groups in total. The molecule has 1 aromatic rings. The van der Waals surface area contributed by atoms with Gasteiger partial charge in [0, 0.05) is 11.1 Å². The fourth-order valence-corrected chi connectivity index (χ4v) is 4.65. The van der Waals surface area contributed by atoms with E-state index in [1.54, 1.807) is 0 Å². The van der Waals surface area contributed by atoms with Gasteiger partial charge in [-0.3, -0.25) is 14.5 Å². The summed E-state index contributed by atoms with van der Waals surface area (Å²) in [4.78, 5) is 57.1. The third-order valence-electron chi connectivity index (χ3n) is 4.06. The van der Waals surface area contributed by atoms with Crippen molar-refractivity contribution in [3.8, 4) is 0 Å². The van der Waals surface area contributed by atoms with Gasteiger partial charge in [-0.15, -0.1) is 23.1 Å². The Morgan fingerprint density at radius 1 is 1.45 bits per heavy atom. The van der Waals surface area contributed by atoms with Crippen molar-refractivity contribution in [3.05, 3.63) is 35.0 Å². The number of nitrogens with one attached hydrogen (secondary N) is 1. The molecule has 0 aromatic carbocycles. The standard InChI is InChI=1S/C16H15N5O7S2.CH4/c1-2-6-4-29-14-10(13(25)21(14)11(6)15(26)27)19-12(24)9(20-28-3-8(22)23)7-5-30-16(17)18-7;/h2,5,10,14H,1,3-4H2,(H2,17,18)(H,19,24)(H,22,23)(H,26,27);1H4/b20-9-;/t10-,14-;/m1./s1. The summed E-state index contributed by atoms with van der Waals surface area (Å²) in [5, 5.41) is 25.0. The normalized spacial score (nSPS) is 20.2. The number of carbonyl (C=O) groups excluding carboxylic acids is 2. The number of nitrogen functional groups attached to an aromatic ring is 1. The van der Waals surface area contributed by atoms with Crippen LogP contribution >= 0.6 is 23.1 Å². The molecule has 0 spiro atoms. The molecule has 0 saturated carbocycles. The number of nitrogens with two attached hydrogens (primary N) is 1. The Morgan fingerprint density at radius 3 is 2.71 bits per heavy atom. The Hall–Kier alpha value is -3.39. The van der Waals surface area contributed by atoms with Crippen LogP contribution in [-0.4, -0.2) is 73.3 Å². The number of carbonyl (C=O) groups is 4. The van der Waals surface area contributed by atoms with E-state index in [-0.39, 0.29) is 29.7 Å². The maximum Gasteiger partial charge on any atom is 0.352 e. The molecule has 0 bridgehead atoms. The fraction of sp³-hybridized carbons (Fsp3) is 0.294. The summed E-state index contributed by atoms with van der Waals surface area (Å²) in [6.45, 7) is 2.77. The first-order valence-corrected chi connectivity index (χ1v) is 10.1. The van der Waals surface area contributed by atoms with Gasteiger partial charge in [-0.05, 0) is 5.57 Å². The Kier molecular flexibility index (Phi) is 7.41. The molecule has 3 rings (SSSR count). The molecule has 2 aliphatic heterocycles. The highest BCUT2D eigenvalue weighted by molar-refractivity contribution is 8.00. The number of oxime groups is 1. The van der Waals surface area contributed by atoms with Gasteiger partial charge in [0.1, 0.15) is 22.8 Å². The number of thioether (sulfide) groups is 1. The lowest BCUT2D eigenvalue weighted by molar-refractivity contribution is -0.150. The lowest BCUT2D eigenvalue weighted by Gasteiger charge is -2.49. The summed E-state index contributed by atoms with van der Waals surface area (Å²) in [5.41, 5.74) is 5.48. The number of nitrogens with zero attached hydrogens (tertiary/aromatic N) is 3. The smallest absolute Gasteiger partial charge is 0.352 e. The third-order valence-corrected chi connectivity index (χ3v) is 6.03. The SMILES string of the molecule is C.C=CC1=C(C(=O)O)N2C(=O)[C@@H](NC(=O)/C(=N\OCC(=O)O)c3csc(N)n3)[C@H]2SC1. The van der Waals surface area contributed by atoms with E-state index in [9.17, 15) is 24.3 Å². The monoisotopic (exact) mass is 469 g/mol. The zero-order chi connectivity index (χ0) is 22.0. The van der Waals surface area contributed by atoms with Crippen LogP contribution in [0.3, 0.4) is 0 Å². The summed E-state index contributed by atoms with van der Waals surface area (Å²) in [5.74, 6) is -3.72. The fourth-order valence-electron chi connectivity index (χ4n) is 2.76. The highest BCUT2D eigenvalue weighted by Crippen LogP contribution is 2.40. The molecule has 1 fully saturated rings. The molecular formula is C17H19N5O7S2. The van der Waals surface area contributed by atoms with Crippen molar-refractivity contribution >= 4 is 57.7 Å². The number of rotatable bonds is 8. The maximum absolute atomic E-state index is 12.7. The number of hydrogen-bond donors (Lipinski definition) is 4. The molecule has 2 amide bonds. The van der Waals surface area contributed by atoms with Gasteiger partial charge in [-0.2, -0.15) is 0 Å². The molecular weight excluding hydrogens is 450 g/mol. The minimum Gasteiger partial charge on any atom is -0.479 e. The first-order valence-electron chi connectivity index (χ1n) is 8.22. The van der Waals surface area contributed by atoms with Gasteiger partial charge in [-0.25, -0.2) is 14.6 Å². The van der Waals surface area contributed by atoms with Crippen LogP contribution in [0.15, 0.2) is 34.5 Å². The van der Waals surface area contributed by atoms with Crippen molar-refractivity contribution in [1.29, 1.82) is 0 Å². The number of carboxylic acids is 2. The van der Waals surface area contributed by atoms with Crippen molar-refractivity contribution < 1.29 is 34.2 Å². The van der Waals surface area contributed by atoms with Gasteiger partial charge in [0.2, 0.25) is 6.61 Å². The van der Waals surface area contributed by atoms with E-state index >= 15 is 0 Å². The van der Waals surface area contributed by atoms with Crippen LogP contribution < -0.4 is 11.1 Å². The van der Waals surface area contributed by atoms with Crippen LogP contribution in [0, 0.1) is 0 Å². The second-order valence-electron chi connectivity index (χ2n) is 5.92. The van der Waals surface area contributed by atoms with E-state index < -0.39 is 41.8 Å². The van der Waals surface area contributed by atoms with E-state index in [0.29, 0.717) is 11.3 Å². The number of thiazole rings is 1. The number of hydrogen-bond acceptors (Lipinski definition) is 10. The zero-order valence-corrected chi connectivity index (χ0v) is 16.7. The van der Waals surface area contributed by atoms with Gasteiger partial charge in [0.05, 0.1) is 0 Å². The van der Waals surface area contributed by atoms with E-state index in [0.717, 1.165) is 16.2 Å². The van der Waals surface area contributed by atoms with E-state index in [4.69, 9.17) is 10.8 Å². The molecule has 166 valence electrons. The average Bonchev–Trinajstić information content (AvgIpc) is 3.13. The van der Waals surface area contributed by atoms with Crippen molar-refractivity contribution in [2.24, 2.45) is 5.16 Å². The molecule has 12 nitrogen and oxygen atoms in total. The second-order valence-corrected chi connectivity index (χ2v) is 7.92. The van der Waals surface area contributed by atoms with E-state index in [1.807, 2.05) is 0 Å². The summed E-state index contributed by atoms with van der Waals surface area (Å²) < 4.78 is 0. The van der Waals surface area contributed by atoms with E-state index in [1.165, 1.54) is 23.2 Å². The predicted octanol–water partition coefficient (Wildman–Crippen LogP) is 0.0913. The number of amides is 2. The molecule has 0 unspecified atom stereocenters. The first kappa shape index (κ1) is 23.9. The van der Waals surface area contributed by atoms with Crippen LogP contribution in [0.1, 0.15) is 13.1 Å². The number of β-lactam (4-membered cyclic amide) rings is 1. The number of carboxylic acid groups (broad SMARTS) is 2. The van der Waals surface area contributed by atoms with Gasteiger partial charge in [0.25, 0.3) is 11.8 Å². The molecule has 3 heterocycles. The van der Waals surface area contributed by atoms with Crippen LogP contribution in [0.4, 0.5) is 5.13 Å². The highest BCUT2D eigenvalue weighted by Gasteiger charge is 2.54. The van der Waals surface area contributed by atoms with Crippen molar-refractivity contribution in [2.45, 2.75) is 18.8 Å². The number of allylic oxidation sites excluding steroid dienone is 1. The van der Waals surface area contributed by atoms with Gasteiger partial charge in [-0.1, -0.05) is 25.2 Å². The second kappa shape index (κ2) is 9.61. The molecule has 31 heavy (non-hydrogen) atoms. The molecule has 0 radical (unpaired) electrons. The van der Waals surface area contributed by atoms with Crippen LogP contribution in [0.25, 0.3) is 0 Å². The highest BCUT2D eigenvalue weighted by atomic mass is 32.2. The third kappa shape index (κ3) is 4.69. The maximum atomic E-state index is 12.7. The zero-order valence-electron chi connectivity index (χ0n) is 15.1. The molecule has 1 aromatic heterocycles. The number of fused-ring (bicyclic) bond motifs is 1. The summed E-state index contributed by atoms with van der Waals surface area (Å²) in [7, 11) is 0. The van der Waals surface area contributed by atoms with Crippen molar-refractivity contribution in [3.63, 3.8) is 0 Å². The molecule has 14 heteroatoms. The van der Waals surface area contributed by atoms with Gasteiger partial charge in [0.15, 0.2) is 10.8 Å².